The van der Waals surface area contributed by atoms with Gasteiger partial charge in [0.15, 0.2) is 5.82 Å². The zero-order chi connectivity index (χ0) is 44.8. The predicted molar refractivity (Wildman–Crippen MR) is 318 cm³/mol. The molecule has 3 aliphatic rings. The third-order valence-electron chi connectivity index (χ3n) is 16.8. The molecule has 3 aliphatic carbocycles. The summed E-state index contributed by atoms with van der Waals surface area (Å²) < 4.78 is 7.50. The van der Waals surface area contributed by atoms with Crippen molar-refractivity contribution in [2.24, 2.45) is 5.92 Å². The minimum absolute atomic E-state index is 0.0995. The number of allylic oxidation sites excluding steroid dienone is 12. The molecule has 2 heterocycles. The Bertz CT molecular complexity index is 3020. The summed E-state index contributed by atoms with van der Waals surface area (Å²) in [6, 6.07) is 12.8. The quantitative estimate of drug-likeness (QED) is 0.122. The van der Waals surface area contributed by atoms with Crippen LogP contribution in [0.3, 0.4) is 0 Å². The fraction of sp³-hybridized carbons (Fsp3) is 0.143. The van der Waals surface area contributed by atoms with Crippen molar-refractivity contribution in [1.29, 1.82) is 0 Å². The SMILES string of the molecule is B/C=C(B)/C(=C(/B)C(B)C1(B)C(B)=C(c2nc(C3=CCCC=C3)cc(-c3ccccc3)n2)c2oc3c(B)c(B)c4c(B)c(B)c(B)c(B)c4c3c21)C1C(B)=C(B)C(B)=C(B)C1B. The normalized spacial score (nSPS) is 21.4. The molecule has 0 amide bonds. The number of furan rings is 1. The molecule has 5 aromatic rings. The summed E-state index contributed by atoms with van der Waals surface area (Å²) in [5.74, 6) is 4.76. The second-order valence-corrected chi connectivity index (χ2v) is 19.4. The summed E-state index contributed by atoms with van der Waals surface area (Å²) in [4.78, 5) is 11.0. The van der Waals surface area contributed by atoms with Gasteiger partial charge in [-0.1, -0.05) is 92.7 Å². The molecular weight excluding hydrogens is 732 g/mol. The van der Waals surface area contributed by atoms with E-state index < -0.39 is 5.31 Å². The van der Waals surface area contributed by atoms with E-state index in [2.05, 4.69) is 194 Å². The van der Waals surface area contributed by atoms with E-state index in [-0.39, 0.29) is 11.7 Å². The van der Waals surface area contributed by atoms with Gasteiger partial charge < -0.3 is 4.42 Å². The molecule has 0 N–H and O–H groups in total. The molecule has 4 unspecified atom stereocenters. The fourth-order valence-corrected chi connectivity index (χ4v) is 11.6. The molecule has 3 nitrogen and oxygen atoms in total. The number of hydrogen-bond acceptors (Lipinski definition) is 3. The van der Waals surface area contributed by atoms with Gasteiger partial charge in [-0.05, 0) is 52.3 Å². The number of benzene rings is 3. The van der Waals surface area contributed by atoms with E-state index in [0.29, 0.717) is 5.82 Å². The molecule has 0 radical (unpaired) electrons. The Morgan fingerprint density at radius 1 is 0.758 bits per heavy atom. The molecule has 4 atom stereocenters. The van der Waals surface area contributed by atoms with Crippen LogP contribution in [0.5, 0.6) is 0 Å². The van der Waals surface area contributed by atoms with E-state index in [1.165, 1.54) is 98.4 Å². The maximum Gasteiger partial charge on any atom is 0.163 e. The first-order valence-corrected chi connectivity index (χ1v) is 23.1. The van der Waals surface area contributed by atoms with E-state index in [4.69, 9.17) is 14.4 Å². The van der Waals surface area contributed by atoms with Crippen LogP contribution < -0.4 is 32.8 Å². The molecule has 8 rings (SSSR count). The first kappa shape index (κ1) is 44.4. The topological polar surface area (TPSA) is 38.9 Å². The van der Waals surface area contributed by atoms with Crippen LogP contribution in [0.25, 0.3) is 44.1 Å². The number of rotatable bonds is 7. The lowest BCUT2D eigenvalue weighted by Gasteiger charge is -2.42. The highest BCUT2D eigenvalue weighted by atomic mass is 16.3. The van der Waals surface area contributed by atoms with Crippen molar-refractivity contribution >= 4 is 199 Å². The lowest BCUT2D eigenvalue weighted by Crippen LogP contribution is -2.50. The summed E-state index contributed by atoms with van der Waals surface area (Å²) in [6.45, 7) is 0. The molecule has 3 aromatic carbocycles. The standard InChI is InChI=1S/C42H51B17N2O/c43-12-15(44)18(21-26(46)33(53)35(55)34(54)27(21)47)30(50)40(58)42(59)24-20-19-22(28(48)32(52)31(51)25(19)45)29(49)36(56)38(20)62-37(24)23(39(42)57)41-60-16(13-7-3-1-4-8-13)11-17(61-41)14-9-5-2-6-10-14/h1,3-5,7-12,21,26,40H,2,6,43-59H2/b15-12-,30-18-. The molecule has 0 saturated heterocycles. The van der Waals surface area contributed by atoms with Crippen LogP contribution in [0.1, 0.15) is 35.7 Å². The predicted octanol–water partition coefficient (Wildman–Crippen LogP) is -11.0. The lowest BCUT2D eigenvalue weighted by atomic mass is 9.40. The van der Waals surface area contributed by atoms with E-state index in [9.17, 15) is 0 Å². The van der Waals surface area contributed by atoms with Crippen molar-refractivity contribution < 1.29 is 4.42 Å². The Hall–Kier alpha value is -4.18. The second-order valence-electron chi connectivity index (χ2n) is 19.4. The minimum Gasteiger partial charge on any atom is -0.456 e. The molecular formula is C42H51B17N2O. The molecule has 20 heteroatoms. The van der Waals surface area contributed by atoms with E-state index in [1.54, 1.807) is 0 Å². The van der Waals surface area contributed by atoms with Gasteiger partial charge in [-0.25, -0.2) is 9.97 Å². The maximum atomic E-state index is 7.50. The summed E-state index contributed by atoms with van der Waals surface area (Å²) in [6.07, 6.45) is 8.87. The zero-order valence-corrected chi connectivity index (χ0v) is 40.7. The van der Waals surface area contributed by atoms with Gasteiger partial charge in [-0.3, -0.25) is 0 Å². The Morgan fingerprint density at radius 3 is 2.00 bits per heavy atom. The monoisotopic (exact) mass is 787 g/mol. The van der Waals surface area contributed by atoms with Crippen molar-refractivity contribution in [2.45, 2.75) is 29.8 Å². The number of fused-ring (bicyclic) bond motifs is 5. The number of aromatic nitrogens is 2. The van der Waals surface area contributed by atoms with Gasteiger partial charge in [0.25, 0.3) is 0 Å². The van der Waals surface area contributed by atoms with Gasteiger partial charge in [0.2, 0.25) is 0 Å². The Balaban J connectivity index is 1.52. The fourth-order valence-electron chi connectivity index (χ4n) is 11.6. The van der Waals surface area contributed by atoms with Crippen molar-refractivity contribution in [3.63, 3.8) is 0 Å². The molecule has 0 bridgehead atoms. The number of hydrogen-bond donors (Lipinski definition) is 0. The van der Waals surface area contributed by atoms with Gasteiger partial charge in [-0.15, -0.1) is 44.3 Å². The van der Waals surface area contributed by atoms with Crippen LogP contribution in [-0.2, 0) is 5.31 Å². The third-order valence-corrected chi connectivity index (χ3v) is 16.8. The van der Waals surface area contributed by atoms with Gasteiger partial charge in [0.05, 0.1) is 17.0 Å². The highest BCUT2D eigenvalue weighted by Gasteiger charge is 2.49. The average molecular weight is 784 g/mol. The molecule has 0 aliphatic heterocycles. The van der Waals surface area contributed by atoms with Crippen LogP contribution in [0.4, 0.5) is 0 Å². The molecule has 2 aromatic heterocycles. The van der Waals surface area contributed by atoms with Gasteiger partial charge >= 0.3 is 0 Å². The van der Waals surface area contributed by atoms with Gasteiger partial charge in [0, 0.05) is 16.5 Å². The van der Waals surface area contributed by atoms with Crippen molar-refractivity contribution in [3.05, 3.63) is 127 Å². The van der Waals surface area contributed by atoms with Crippen molar-refractivity contribution in [3.8, 4) is 11.3 Å². The van der Waals surface area contributed by atoms with Crippen LogP contribution in [0.15, 0.2) is 109 Å². The third kappa shape index (κ3) is 6.57. The highest BCUT2D eigenvalue weighted by molar-refractivity contribution is 6.71. The van der Waals surface area contributed by atoms with E-state index >= 15 is 0 Å². The van der Waals surface area contributed by atoms with Crippen LogP contribution >= 0.6 is 0 Å². The Morgan fingerprint density at radius 2 is 1.37 bits per heavy atom. The van der Waals surface area contributed by atoms with Gasteiger partial charge in [-0.2, -0.15) is 0 Å². The van der Waals surface area contributed by atoms with Crippen LogP contribution in [-0.4, -0.2) is 143 Å². The molecule has 0 saturated carbocycles. The first-order valence-electron chi connectivity index (χ1n) is 23.1. The summed E-state index contributed by atoms with van der Waals surface area (Å²) in [5, 5.41) is 3.49. The first-order chi connectivity index (χ1) is 29.4. The summed E-state index contributed by atoms with van der Waals surface area (Å²) in [5.41, 5.74) is 26.7. The molecule has 286 valence electrons. The molecule has 0 fully saturated rings. The van der Waals surface area contributed by atoms with Crippen LogP contribution in [0, 0.1) is 5.92 Å². The van der Waals surface area contributed by atoms with Crippen molar-refractivity contribution in [2.75, 3.05) is 0 Å². The smallest absolute Gasteiger partial charge is 0.163 e. The maximum absolute atomic E-state index is 7.50. The lowest BCUT2D eigenvalue weighted by molar-refractivity contribution is 0.595. The summed E-state index contributed by atoms with van der Waals surface area (Å²) >= 11 is 0. The zero-order valence-electron chi connectivity index (χ0n) is 40.7. The molecule has 0 spiro atoms. The minimum atomic E-state index is -0.464. The van der Waals surface area contributed by atoms with E-state index in [0.717, 1.165) is 58.1 Å². The molecule has 62 heavy (non-hydrogen) atoms. The van der Waals surface area contributed by atoms with E-state index in [1.807, 2.05) is 0 Å². The second kappa shape index (κ2) is 16.4. The largest absolute Gasteiger partial charge is 0.456 e. The summed E-state index contributed by atoms with van der Waals surface area (Å²) in [7, 11) is 39.9. The Labute approximate surface area is 385 Å². The number of nitrogens with zero attached hydrogens (tertiary/aromatic N) is 2. The van der Waals surface area contributed by atoms with Gasteiger partial charge in [0.1, 0.15) is 145 Å². The highest BCUT2D eigenvalue weighted by Crippen LogP contribution is 2.57. The Kier molecular flexibility index (Phi) is 11.8. The van der Waals surface area contributed by atoms with Crippen molar-refractivity contribution in [1.82, 2.24) is 9.97 Å². The van der Waals surface area contributed by atoms with Crippen LogP contribution in [0.2, 0.25) is 11.6 Å². The average Bonchev–Trinajstić information content (AvgIpc) is 3.78.